The van der Waals surface area contributed by atoms with Crippen molar-refractivity contribution in [2.75, 3.05) is 19.6 Å². The van der Waals surface area contributed by atoms with Gasteiger partial charge in [-0.1, -0.05) is 36.4 Å². The highest BCUT2D eigenvalue weighted by molar-refractivity contribution is 7.89. The second kappa shape index (κ2) is 11.1. The zero-order valence-electron chi connectivity index (χ0n) is 19.5. The smallest absolute Gasteiger partial charge is 0.243 e. The molecular weight excluding hydrogens is 450 g/mol. The summed E-state index contributed by atoms with van der Waals surface area (Å²) in [6.07, 6.45) is 4.71. The first-order chi connectivity index (χ1) is 16.4. The average Bonchev–Trinajstić information content (AvgIpc) is 3.30. The van der Waals surface area contributed by atoms with E-state index in [-0.39, 0.29) is 37.2 Å². The summed E-state index contributed by atoms with van der Waals surface area (Å²) >= 11 is 0. The third-order valence-corrected chi connectivity index (χ3v) is 8.65. The number of carbonyl (C=O) groups excluding carboxylic acids is 2. The van der Waals surface area contributed by atoms with Gasteiger partial charge in [0.25, 0.3) is 0 Å². The van der Waals surface area contributed by atoms with E-state index < -0.39 is 10.0 Å². The number of nitrogens with one attached hydrogen (secondary N) is 2. The number of fused-ring (bicyclic) bond motifs is 1. The Morgan fingerprint density at radius 3 is 2.59 bits per heavy atom. The minimum absolute atomic E-state index is 0.0645. The molecule has 1 atom stereocenters. The second-order valence-electron chi connectivity index (χ2n) is 9.12. The van der Waals surface area contributed by atoms with Gasteiger partial charge in [0.2, 0.25) is 21.8 Å². The Morgan fingerprint density at radius 2 is 1.76 bits per heavy atom. The first kappa shape index (κ1) is 24.4. The molecule has 1 unspecified atom stereocenters. The number of carbonyl (C=O) groups is 2. The van der Waals surface area contributed by atoms with Crippen LogP contribution in [0.5, 0.6) is 0 Å². The molecule has 1 aliphatic carbocycles. The van der Waals surface area contributed by atoms with Crippen molar-refractivity contribution < 1.29 is 18.0 Å². The molecule has 1 heterocycles. The van der Waals surface area contributed by atoms with Crippen LogP contribution in [0.2, 0.25) is 0 Å². The van der Waals surface area contributed by atoms with Crippen molar-refractivity contribution in [2.24, 2.45) is 5.92 Å². The number of hydrogen-bond acceptors (Lipinski definition) is 4. The zero-order chi connectivity index (χ0) is 24.0. The lowest BCUT2D eigenvalue weighted by Gasteiger charge is -2.23. The molecule has 1 aliphatic heterocycles. The van der Waals surface area contributed by atoms with E-state index in [1.807, 2.05) is 36.4 Å². The topological polar surface area (TPSA) is 95.6 Å². The predicted molar refractivity (Wildman–Crippen MR) is 130 cm³/mol. The van der Waals surface area contributed by atoms with Gasteiger partial charge >= 0.3 is 0 Å². The molecule has 0 aromatic heterocycles. The maximum Gasteiger partial charge on any atom is 0.243 e. The van der Waals surface area contributed by atoms with Crippen LogP contribution < -0.4 is 10.6 Å². The van der Waals surface area contributed by atoms with Crippen LogP contribution in [-0.4, -0.2) is 44.2 Å². The van der Waals surface area contributed by atoms with Crippen molar-refractivity contribution in [1.29, 1.82) is 0 Å². The van der Waals surface area contributed by atoms with E-state index in [1.165, 1.54) is 9.87 Å². The lowest BCUT2D eigenvalue weighted by molar-refractivity contribution is -0.126. The lowest BCUT2D eigenvalue weighted by Crippen LogP contribution is -2.35. The lowest BCUT2D eigenvalue weighted by atomic mass is 9.98. The fourth-order valence-electron chi connectivity index (χ4n) is 4.76. The molecule has 2 amide bonds. The number of nitrogens with zero attached hydrogens (tertiary/aromatic N) is 1. The molecule has 2 aliphatic rings. The molecule has 7 nitrogen and oxygen atoms in total. The van der Waals surface area contributed by atoms with Crippen LogP contribution in [0, 0.1) is 5.92 Å². The number of benzene rings is 2. The number of rotatable bonds is 5. The van der Waals surface area contributed by atoms with Crippen LogP contribution >= 0.6 is 0 Å². The van der Waals surface area contributed by atoms with E-state index >= 15 is 0 Å². The van der Waals surface area contributed by atoms with Crippen molar-refractivity contribution in [3.05, 3.63) is 65.2 Å². The molecular formula is C26H33N3O4S. The van der Waals surface area contributed by atoms with Gasteiger partial charge in [-0.2, -0.15) is 4.31 Å². The maximum absolute atomic E-state index is 13.4. The van der Waals surface area contributed by atoms with Crippen molar-refractivity contribution >= 4 is 21.8 Å². The second-order valence-corrected chi connectivity index (χ2v) is 11.1. The Kier molecular flexibility index (Phi) is 8.00. The molecule has 0 bridgehead atoms. The van der Waals surface area contributed by atoms with E-state index in [0.717, 1.165) is 30.4 Å². The number of hydrogen-bond donors (Lipinski definition) is 2. The first-order valence-corrected chi connectivity index (χ1v) is 13.6. The maximum atomic E-state index is 13.4. The van der Waals surface area contributed by atoms with Crippen LogP contribution in [0.25, 0.3) is 0 Å². The Bertz CT molecular complexity index is 1120. The number of aryl methyl sites for hydroxylation is 2. The highest BCUT2D eigenvalue weighted by Gasteiger charge is 2.28. The van der Waals surface area contributed by atoms with Crippen LogP contribution in [0.15, 0.2) is 53.4 Å². The fraction of sp³-hybridized carbons (Fsp3) is 0.462. The van der Waals surface area contributed by atoms with Crippen LogP contribution in [0.1, 0.15) is 48.8 Å². The summed E-state index contributed by atoms with van der Waals surface area (Å²) in [5.41, 5.74) is 3.35. The van der Waals surface area contributed by atoms with Crippen LogP contribution in [0.3, 0.4) is 0 Å². The quantitative estimate of drug-likeness (QED) is 0.684. The van der Waals surface area contributed by atoms with Gasteiger partial charge in [-0.15, -0.1) is 0 Å². The predicted octanol–water partition coefficient (Wildman–Crippen LogP) is 2.79. The largest absolute Gasteiger partial charge is 0.356 e. The third kappa shape index (κ3) is 6.04. The van der Waals surface area contributed by atoms with Gasteiger partial charge in [-0.05, 0) is 67.3 Å². The van der Waals surface area contributed by atoms with Gasteiger partial charge in [0.05, 0.1) is 4.90 Å². The highest BCUT2D eigenvalue weighted by Crippen LogP contribution is 2.27. The normalized spacial score (nSPS) is 20.1. The van der Waals surface area contributed by atoms with E-state index in [0.29, 0.717) is 37.2 Å². The summed E-state index contributed by atoms with van der Waals surface area (Å²) in [6.45, 7) is 1.27. The summed E-state index contributed by atoms with van der Waals surface area (Å²) in [5, 5.41) is 5.83. The number of sulfonamides is 1. The van der Waals surface area contributed by atoms with Gasteiger partial charge < -0.3 is 10.6 Å². The molecule has 1 saturated heterocycles. The minimum Gasteiger partial charge on any atom is -0.356 e. The van der Waals surface area contributed by atoms with E-state index in [9.17, 15) is 18.0 Å². The molecule has 1 fully saturated rings. The average molecular weight is 484 g/mol. The summed E-state index contributed by atoms with van der Waals surface area (Å²) in [4.78, 5) is 25.5. The van der Waals surface area contributed by atoms with Gasteiger partial charge in [0, 0.05) is 38.5 Å². The summed E-state index contributed by atoms with van der Waals surface area (Å²) in [6, 6.07) is 15.1. The van der Waals surface area contributed by atoms with Gasteiger partial charge in [-0.3, -0.25) is 9.59 Å². The monoisotopic (exact) mass is 483 g/mol. The van der Waals surface area contributed by atoms with E-state index in [2.05, 4.69) is 10.6 Å². The van der Waals surface area contributed by atoms with Gasteiger partial charge in [0.1, 0.15) is 0 Å². The molecule has 8 heteroatoms. The summed E-state index contributed by atoms with van der Waals surface area (Å²) < 4.78 is 28.3. The Morgan fingerprint density at radius 1 is 0.971 bits per heavy atom. The highest BCUT2D eigenvalue weighted by atomic mass is 32.2. The molecule has 182 valence electrons. The summed E-state index contributed by atoms with van der Waals surface area (Å²) in [5.74, 6) is -0.545. The molecule has 2 aromatic carbocycles. The van der Waals surface area contributed by atoms with Crippen molar-refractivity contribution in [2.45, 2.75) is 56.4 Å². The number of amides is 2. The summed E-state index contributed by atoms with van der Waals surface area (Å²) in [7, 11) is -3.72. The molecule has 2 N–H and O–H groups in total. The van der Waals surface area contributed by atoms with Crippen molar-refractivity contribution in [1.82, 2.24) is 14.9 Å². The SMILES string of the molecule is O=C1CCN(S(=O)(=O)c2ccc3c(c2)CCC3)CCCC(C(=O)NCc2ccccc2)CCN1. The van der Waals surface area contributed by atoms with Gasteiger partial charge in [0.15, 0.2) is 0 Å². The Labute approximate surface area is 202 Å². The Balaban J connectivity index is 1.43. The van der Waals surface area contributed by atoms with E-state index in [1.54, 1.807) is 12.1 Å². The standard InChI is InChI=1S/C26H33N3O4S/c30-25-14-17-29(34(32,33)24-12-11-21-8-4-9-23(21)18-24)16-5-10-22(13-15-27-25)26(31)28-19-20-6-2-1-3-7-20/h1-3,6-7,11-12,18,22H,4-5,8-10,13-17,19H2,(H,27,30)(H,28,31). The van der Waals surface area contributed by atoms with Crippen LogP contribution in [-0.2, 0) is 39.0 Å². The Hall–Kier alpha value is -2.71. The fourth-order valence-corrected chi connectivity index (χ4v) is 6.29. The molecule has 0 radical (unpaired) electrons. The minimum atomic E-state index is -3.72. The first-order valence-electron chi connectivity index (χ1n) is 12.1. The molecule has 0 spiro atoms. The molecule has 2 aromatic rings. The molecule has 4 rings (SSSR count). The zero-order valence-corrected chi connectivity index (χ0v) is 20.3. The van der Waals surface area contributed by atoms with Crippen molar-refractivity contribution in [3.63, 3.8) is 0 Å². The van der Waals surface area contributed by atoms with Gasteiger partial charge in [-0.25, -0.2) is 8.42 Å². The molecule has 0 saturated carbocycles. The van der Waals surface area contributed by atoms with Crippen molar-refractivity contribution in [3.8, 4) is 0 Å². The third-order valence-electron chi connectivity index (χ3n) is 6.75. The molecule has 34 heavy (non-hydrogen) atoms. The van der Waals surface area contributed by atoms with E-state index in [4.69, 9.17) is 0 Å². The van der Waals surface area contributed by atoms with Crippen LogP contribution in [0.4, 0.5) is 0 Å².